The second-order valence-corrected chi connectivity index (χ2v) is 8.08. The molecule has 0 saturated carbocycles. The van der Waals surface area contributed by atoms with Gasteiger partial charge in [0.1, 0.15) is 5.82 Å². The van der Waals surface area contributed by atoms with E-state index in [0.717, 1.165) is 25.1 Å². The van der Waals surface area contributed by atoms with E-state index in [4.69, 9.17) is 11.6 Å². The third kappa shape index (κ3) is 6.95. The number of hydrogen-bond acceptors (Lipinski definition) is 3. The Morgan fingerprint density at radius 3 is 2.57 bits per heavy atom. The molecule has 21 heavy (non-hydrogen) atoms. The second kappa shape index (κ2) is 8.31. The number of nitrogens with one attached hydrogen (secondary N) is 2. The number of anilines is 1. The topological polar surface area (TPSA) is 58.2 Å². The second-order valence-electron chi connectivity index (χ2n) is 4.98. The molecule has 0 aliphatic heterocycles. The molecular weight excluding hydrogens is 383 g/mol. The molecule has 0 saturated heterocycles. The van der Waals surface area contributed by atoms with E-state index in [2.05, 4.69) is 26.0 Å². The van der Waals surface area contributed by atoms with E-state index < -0.39 is 15.8 Å². The first kappa shape index (κ1) is 18.7. The molecular formula is C13H19BrClFN2O2S. The monoisotopic (exact) mass is 400 g/mol. The Labute approximate surface area is 138 Å². The molecule has 120 valence electrons. The lowest BCUT2D eigenvalue weighted by Crippen LogP contribution is -2.24. The van der Waals surface area contributed by atoms with Crippen LogP contribution in [0.2, 0.25) is 5.02 Å². The van der Waals surface area contributed by atoms with Crippen molar-refractivity contribution in [2.45, 2.75) is 32.7 Å². The molecule has 0 aliphatic carbocycles. The van der Waals surface area contributed by atoms with Gasteiger partial charge in [-0.25, -0.2) is 12.8 Å². The molecule has 0 spiro atoms. The molecule has 0 aliphatic rings. The summed E-state index contributed by atoms with van der Waals surface area (Å²) in [7, 11) is -3.51. The number of hydrogen-bond donors (Lipinski definition) is 2. The molecule has 0 radical (unpaired) electrons. The van der Waals surface area contributed by atoms with Gasteiger partial charge in [0.2, 0.25) is 10.0 Å². The van der Waals surface area contributed by atoms with E-state index in [1.54, 1.807) is 0 Å². The molecule has 1 rings (SSSR count). The number of unbranched alkanes of at least 4 members (excludes halogenated alkanes) is 1. The third-order valence-corrected chi connectivity index (χ3v) is 4.92. The molecule has 0 aromatic heterocycles. The van der Waals surface area contributed by atoms with Gasteiger partial charge in [0, 0.05) is 10.5 Å². The van der Waals surface area contributed by atoms with Crippen molar-refractivity contribution in [3.63, 3.8) is 0 Å². The van der Waals surface area contributed by atoms with Crippen LogP contribution in [0.25, 0.3) is 0 Å². The lowest BCUT2D eigenvalue weighted by molar-refractivity contribution is 0.561. The summed E-state index contributed by atoms with van der Waals surface area (Å²) >= 11 is 8.95. The fourth-order valence-electron chi connectivity index (χ4n) is 1.65. The highest BCUT2D eigenvalue weighted by Gasteiger charge is 2.15. The maximum absolute atomic E-state index is 13.1. The van der Waals surface area contributed by atoms with Crippen LogP contribution in [0.5, 0.6) is 0 Å². The van der Waals surface area contributed by atoms with Crippen molar-refractivity contribution in [2.75, 3.05) is 17.0 Å². The largest absolute Gasteiger partial charge is 0.315 e. The van der Waals surface area contributed by atoms with Crippen LogP contribution >= 0.6 is 27.5 Å². The van der Waals surface area contributed by atoms with Crippen molar-refractivity contribution < 1.29 is 12.8 Å². The third-order valence-electron chi connectivity index (χ3n) is 2.66. The summed E-state index contributed by atoms with van der Waals surface area (Å²) in [6.07, 6.45) is 1.29. The number of rotatable bonds is 8. The molecule has 4 nitrogen and oxygen atoms in total. The average molecular weight is 402 g/mol. The smallest absolute Gasteiger partial charge is 0.232 e. The molecule has 0 bridgehead atoms. The normalized spacial score (nSPS) is 11.9. The van der Waals surface area contributed by atoms with Gasteiger partial charge < -0.3 is 5.32 Å². The minimum Gasteiger partial charge on any atom is -0.315 e. The maximum Gasteiger partial charge on any atom is 0.232 e. The summed E-state index contributed by atoms with van der Waals surface area (Å²) in [5.74, 6) is -0.540. The van der Waals surface area contributed by atoms with Crippen molar-refractivity contribution in [3.8, 4) is 0 Å². The van der Waals surface area contributed by atoms with Gasteiger partial charge in [0.15, 0.2) is 0 Å². The minimum atomic E-state index is -3.51. The standard InChI is InChI=1S/C13H19BrClFN2O2S/c1-9(2)17-5-3-4-6-21(19,20)18-13-11(14)7-10(16)8-12(13)15/h7-9,17-18H,3-6H2,1-2H3. The molecule has 1 aromatic rings. The first-order valence-corrected chi connectivity index (χ1v) is 9.42. The van der Waals surface area contributed by atoms with Gasteiger partial charge in [-0.2, -0.15) is 0 Å². The quantitative estimate of drug-likeness (QED) is 0.652. The molecule has 0 heterocycles. The predicted octanol–water partition coefficient (Wildman–Crippen LogP) is 3.76. The van der Waals surface area contributed by atoms with Crippen LogP contribution in [0.4, 0.5) is 10.1 Å². The minimum absolute atomic E-state index is 0.00702. The molecule has 0 amide bonds. The Morgan fingerprint density at radius 1 is 1.33 bits per heavy atom. The van der Waals surface area contributed by atoms with Crippen molar-refractivity contribution in [2.24, 2.45) is 0 Å². The zero-order valence-corrected chi connectivity index (χ0v) is 15.1. The summed E-state index contributed by atoms with van der Waals surface area (Å²) in [5, 5.41) is 3.24. The van der Waals surface area contributed by atoms with Gasteiger partial charge in [0.05, 0.1) is 16.5 Å². The van der Waals surface area contributed by atoms with Crippen molar-refractivity contribution in [3.05, 3.63) is 27.4 Å². The average Bonchev–Trinajstić information content (AvgIpc) is 2.33. The highest BCUT2D eigenvalue weighted by atomic mass is 79.9. The molecule has 0 unspecified atom stereocenters. The molecule has 8 heteroatoms. The zero-order valence-electron chi connectivity index (χ0n) is 11.9. The first-order chi connectivity index (χ1) is 9.71. The SMILES string of the molecule is CC(C)NCCCCS(=O)(=O)Nc1c(Cl)cc(F)cc1Br. The summed E-state index contributed by atoms with van der Waals surface area (Å²) < 4.78 is 39.7. The van der Waals surface area contributed by atoms with Gasteiger partial charge in [-0.05, 0) is 47.4 Å². The lowest BCUT2D eigenvalue weighted by Gasteiger charge is -2.12. The lowest BCUT2D eigenvalue weighted by atomic mass is 10.3. The van der Waals surface area contributed by atoms with Crippen LogP contribution in [0.1, 0.15) is 26.7 Å². The zero-order chi connectivity index (χ0) is 16.0. The van der Waals surface area contributed by atoms with E-state index in [9.17, 15) is 12.8 Å². The Bertz CT molecular complexity index is 559. The maximum atomic E-state index is 13.1. The van der Waals surface area contributed by atoms with E-state index in [1.807, 2.05) is 13.8 Å². The first-order valence-electron chi connectivity index (χ1n) is 6.59. The highest BCUT2D eigenvalue weighted by molar-refractivity contribution is 9.10. The van der Waals surface area contributed by atoms with Gasteiger partial charge in [0.25, 0.3) is 0 Å². The number of halogens is 3. The Hall–Kier alpha value is -0.370. The summed E-state index contributed by atoms with van der Waals surface area (Å²) in [5.41, 5.74) is 0.165. The number of benzene rings is 1. The fraction of sp³-hybridized carbons (Fsp3) is 0.538. The van der Waals surface area contributed by atoms with E-state index in [1.165, 1.54) is 0 Å². The van der Waals surface area contributed by atoms with Crippen molar-refractivity contribution >= 4 is 43.2 Å². The summed E-state index contributed by atoms with van der Waals surface area (Å²) in [6, 6.07) is 2.61. The number of sulfonamides is 1. The molecule has 2 N–H and O–H groups in total. The fourth-order valence-corrected chi connectivity index (χ4v) is 3.96. The van der Waals surface area contributed by atoms with Crippen LogP contribution in [-0.4, -0.2) is 26.8 Å². The van der Waals surface area contributed by atoms with E-state index in [-0.39, 0.29) is 20.9 Å². The van der Waals surface area contributed by atoms with Gasteiger partial charge in [-0.3, -0.25) is 4.72 Å². The molecule has 0 fully saturated rings. The van der Waals surface area contributed by atoms with Gasteiger partial charge in [-0.1, -0.05) is 25.4 Å². The van der Waals surface area contributed by atoms with Crippen LogP contribution in [0.15, 0.2) is 16.6 Å². The molecule has 1 aromatic carbocycles. The Kier molecular flexibility index (Phi) is 7.39. The van der Waals surface area contributed by atoms with Gasteiger partial charge in [-0.15, -0.1) is 0 Å². The van der Waals surface area contributed by atoms with Gasteiger partial charge >= 0.3 is 0 Å². The molecule has 0 atom stereocenters. The van der Waals surface area contributed by atoms with Crippen LogP contribution in [-0.2, 0) is 10.0 Å². The predicted molar refractivity (Wildman–Crippen MR) is 88.9 cm³/mol. The summed E-state index contributed by atoms with van der Waals surface area (Å²) in [6.45, 7) is 4.84. The van der Waals surface area contributed by atoms with Crippen molar-refractivity contribution in [1.29, 1.82) is 0 Å². The highest BCUT2D eigenvalue weighted by Crippen LogP contribution is 2.32. The summed E-state index contributed by atoms with van der Waals surface area (Å²) in [4.78, 5) is 0. The van der Waals surface area contributed by atoms with E-state index >= 15 is 0 Å². The Balaban J connectivity index is 2.57. The van der Waals surface area contributed by atoms with Crippen molar-refractivity contribution in [1.82, 2.24) is 5.32 Å². The van der Waals surface area contributed by atoms with Crippen LogP contribution in [0, 0.1) is 5.82 Å². The van der Waals surface area contributed by atoms with Crippen LogP contribution in [0.3, 0.4) is 0 Å². The Morgan fingerprint density at radius 2 is 2.00 bits per heavy atom. The van der Waals surface area contributed by atoms with E-state index in [0.29, 0.717) is 12.5 Å². The van der Waals surface area contributed by atoms with Crippen LogP contribution < -0.4 is 10.0 Å².